The van der Waals surface area contributed by atoms with Crippen LogP contribution in [0, 0.1) is 12.7 Å². The molecule has 0 saturated heterocycles. The molecule has 5 heteroatoms. The van der Waals surface area contributed by atoms with Gasteiger partial charge in [-0.3, -0.25) is 0 Å². The Bertz CT molecular complexity index is 609. The van der Waals surface area contributed by atoms with Gasteiger partial charge in [-0.15, -0.1) is 0 Å². The zero-order valence-electron chi connectivity index (χ0n) is 10.8. The fraction of sp³-hybridized carbons (Fsp3) is 0.214. The minimum Gasteiger partial charge on any atom is -0.464 e. The number of anilines is 1. The maximum atomic E-state index is 13.2. The van der Waals surface area contributed by atoms with Crippen molar-refractivity contribution >= 4 is 22.9 Å². The van der Waals surface area contributed by atoms with Gasteiger partial charge in [-0.2, -0.15) is 0 Å². The summed E-state index contributed by atoms with van der Waals surface area (Å²) < 4.78 is 18.8. The van der Waals surface area contributed by atoms with E-state index >= 15 is 0 Å². The summed E-state index contributed by atoms with van der Waals surface area (Å²) >= 11 is 4.96. The van der Waals surface area contributed by atoms with E-state index in [0.29, 0.717) is 12.1 Å². The predicted octanol–water partition coefficient (Wildman–Crippen LogP) is 3.00. The van der Waals surface area contributed by atoms with Gasteiger partial charge < -0.3 is 15.1 Å². The molecule has 0 bridgehead atoms. The summed E-state index contributed by atoms with van der Waals surface area (Å²) in [5.41, 5.74) is 6.94. The second-order valence-corrected chi connectivity index (χ2v) is 4.83. The third-order valence-electron chi connectivity index (χ3n) is 2.82. The quantitative estimate of drug-likeness (QED) is 0.873. The third-order valence-corrected chi connectivity index (χ3v) is 3.04. The molecule has 100 valence electrons. The lowest BCUT2D eigenvalue weighted by molar-refractivity contribution is 0.482. The molecule has 1 aromatic carbocycles. The van der Waals surface area contributed by atoms with Crippen LogP contribution in [0.2, 0.25) is 0 Å². The average molecular weight is 278 g/mol. The largest absolute Gasteiger partial charge is 0.464 e. The first-order valence-electron chi connectivity index (χ1n) is 5.83. The molecule has 1 aromatic heterocycles. The summed E-state index contributed by atoms with van der Waals surface area (Å²) in [5.74, 6) is 1.34. The van der Waals surface area contributed by atoms with Gasteiger partial charge >= 0.3 is 0 Å². The molecule has 19 heavy (non-hydrogen) atoms. The molecule has 0 aliphatic rings. The lowest BCUT2D eigenvalue weighted by Gasteiger charge is -2.21. The number of halogens is 1. The van der Waals surface area contributed by atoms with Gasteiger partial charge in [0.1, 0.15) is 22.3 Å². The normalized spacial score (nSPS) is 10.5. The van der Waals surface area contributed by atoms with Crippen molar-refractivity contribution in [2.75, 3.05) is 11.9 Å². The van der Waals surface area contributed by atoms with Crippen molar-refractivity contribution in [3.8, 4) is 0 Å². The molecule has 0 aliphatic carbocycles. The standard InChI is InChI=1S/C14H15FN2OS/c1-9-3-5-11(18-9)8-17(2)13-6-4-10(15)7-12(13)14(16)19/h3-7H,8H2,1-2H3,(H2,16,19). The molecule has 0 saturated carbocycles. The van der Waals surface area contributed by atoms with Gasteiger partial charge in [0.25, 0.3) is 0 Å². The van der Waals surface area contributed by atoms with Gasteiger partial charge in [-0.05, 0) is 37.3 Å². The highest BCUT2D eigenvalue weighted by molar-refractivity contribution is 7.80. The molecule has 2 rings (SSSR count). The number of rotatable bonds is 4. The minimum atomic E-state index is -0.353. The molecular formula is C14H15FN2OS. The summed E-state index contributed by atoms with van der Waals surface area (Å²) in [5, 5.41) is 0. The Kier molecular flexibility index (Phi) is 3.85. The van der Waals surface area contributed by atoms with Gasteiger partial charge in [-0.25, -0.2) is 4.39 Å². The smallest absolute Gasteiger partial charge is 0.124 e. The number of hydrogen-bond acceptors (Lipinski definition) is 3. The van der Waals surface area contributed by atoms with Crippen LogP contribution in [0.1, 0.15) is 17.1 Å². The van der Waals surface area contributed by atoms with Crippen LogP contribution in [-0.4, -0.2) is 12.0 Å². The van der Waals surface area contributed by atoms with E-state index in [1.54, 1.807) is 6.07 Å². The van der Waals surface area contributed by atoms with E-state index in [2.05, 4.69) is 0 Å². The van der Waals surface area contributed by atoms with E-state index < -0.39 is 0 Å². The molecule has 0 radical (unpaired) electrons. The van der Waals surface area contributed by atoms with Crippen molar-refractivity contribution in [2.45, 2.75) is 13.5 Å². The van der Waals surface area contributed by atoms with E-state index in [0.717, 1.165) is 17.2 Å². The summed E-state index contributed by atoms with van der Waals surface area (Å²) in [4.78, 5) is 2.10. The number of nitrogens with two attached hydrogens (primary N) is 1. The molecule has 0 aliphatic heterocycles. The Balaban J connectivity index is 2.28. The van der Waals surface area contributed by atoms with Gasteiger partial charge in [0, 0.05) is 18.3 Å². The van der Waals surface area contributed by atoms with Crippen LogP contribution in [0.15, 0.2) is 34.7 Å². The third kappa shape index (κ3) is 3.12. The molecule has 0 atom stereocenters. The first-order chi connectivity index (χ1) is 8.97. The van der Waals surface area contributed by atoms with Crippen LogP contribution in [0.25, 0.3) is 0 Å². The summed E-state index contributed by atoms with van der Waals surface area (Å²) in [6, 6.07) is 8.22. The van der Waals surface area contributed by atoms with Crippen molar-refractivity contribution in [2.24, 2.45) is 5.73 Å². The van der Waals surface area contributed by atoms with Crippen LogP contribution in [0.3, 0.4) is 0 Å². The van der Waals surface area contributed by atoms with Crippen molar-refractivity contribution in [1.29, 1.82) is 0 Å². The molecule has 2 aromatic rings. The molecule has 3 nitrogen and oxygen atoms in total. The number of furan rings is 1. The number of nitrogens with zero attached hydrogens (tertiary/aromatic N) is 1. The molecule has 0 amide bonds. The fourth-order valence-corrected chi connectivity index (χ4v) is 2.09. The maximum Gasteiger partial charge on any atom is 0.124 e. The van der Waals surface area contributed by atoms with Crippen LogP contribution in [0.4, 0.5) is 10.1 Å². The van der Waals surface area contributed by atoms with Gasteiger partial charge in [0.15, 0.2) is 0 Å². The molecule has 0 unspecified atom stereocenters. The Hall–Kier alpha value is -1.88. The van der Waals surface area contributed by atoms with E-state index in [4.69, 9.17) is 22.4 Å². The maximum absolute atomic E-state index is 13.2. The Morgan fingerprint density at radius 3 is 2.68 bits per heavy atom. The Morgan fingerprint density at radius 2 is 2.11 bits per heavy atom. The van der Waals surface area contributed by atoms with E-state index in [-0.39, 0.29) is 10.8 Å². The number of aryl methyl sites for hydroxylation is 1. The number of hydrogen-bond donors (Lipinski definition) is 1. The molecule has 0 spiro atoms. The van der Waals surface area contributed by atoms with Gasteiger partial charge in [0.05, 0.1) is 6.54 Å². The van der Waals surface area contributed by atoms with Crippen molar-refractivity contribution < 1.29 is 8.81 Å². The van der Waals surface area contributed by atoms with Crippen LogP contribution in [0.5, 0.6) is 0 Å². The summed E-state index contributed by atoms with van der Waals surface area (Å²) in [7, 11) is 1.88. The zero-order chi connectivity index (χ0) is 14.0. The average Bonchev–Trinajstić information content (AvgIpc) is 2.74. The van der Waals surface area contributed by atoms with Crippen molar-refractivity contribution in [1.82, 2.24) is 0 Å². The van der Waals surface area contributed by atoms with Crippen molar-refractivity contribution in [3.63, 3.8) is 0 Å². The molecule has 2 N–H and O–H groups in total. The monoisotopic (exact) mass is 278 g/mol. The number of benzene rings is 1. The molecular weight excluding hydrogens is 263 g/mol. The first-order valence-corrected chi connectivity index (χ1v) is 6.24. The predicted molar refractivity (Wildman–Crippen MR) is 77.8 cm³/mol. The van der Waals surface area contributed by atoms with Gasteiger partial charge in [-0.1, -0.05) is 12.2 Å². The van der Waals surface area contributed by atoms with E-state index in [1.807, 2.05) is 31.0 Å². The minimum absolute atomic E-state index is 0.178. The number of thiocarbonyl (C=S) groups is 1. The van der Waals surface area contributed by atoms with E-state index in [1.165, 1.54) is 12.1 Å². The highest BCUT2D eigenvalue weighted by Crippen LogP contribution is 2.22. The first kappa shape index (κ1) is 13.5. The topological polar surface area (TPSA) is 42.4 Å². The fourth-order valence-electron chi connectivity index (χ4n) is 1.93. The lowest BCUT2D eigenvalue weighted by atomic mass is 10.1. The van der Waals surface area contributed by atoms with E-state index in [9.17, 15) is 4.39 Å². The van der Waals surface area contributed by atoms with Crippen LogP contribution in [-0.2, 0) is 6.54 Å². The van der Waals surface area contributed by atoms with Crippen LogP contribution < -0.4 is 10.6 Å². The molecule has 1 heterocycles. The SMILES string of the molecule is Cc1ccc(CN(C)c2ccc(F)cc2C(N)=S)o1. The Morgan fingerprint density at radius 1 is 1.37 bits per heavy atom. The lowest BCUT2D eigenvalue weighted by Crippen LogP contribution is -2.21. The summed E-state index contributed by atoms with van der Waals surface area (Å²) in [6.07, 6.45) is 0. The second-order valence-electron chi connectivity index (χ2n) is 4.39. The second kappa shape index (κ2) is 5.40. The van der Waals surface area contributed by atoms with Gasteiger partial charge in [0.2, 0.25) is 0 Å². The Labute approximate surface area is 116 Å². The molecule has 0 fully saturated rings. The van der Waals surface area contributed by atoms with Crippen molar-refractivity contribution in [3.05, 3.63) is 53.2 Å². The van der Waals surface area contributed by atoms with Crippen LogP contribution >= 0.6 is 12.2 Å². The highest BCUT2D eigenvalue weighted by atomic mass is 32.1. The summed E-state index contributed by atoms with van der Waals surface area (Å²) in [6.45, 7) is 2.46. The highest BCUT2D eigenvalue weighted by Gasteiger charge is 2.12. The zero-order valence-corrected chi connectivity index (χ0v) is 11.6.